The number of aliphatic hydroxyl groups is 1. The summed E-state index contributed by atoms with van der Waals surface area (Å²) in [5.41, 5.74) is 0. The van der Waals surface area contributed by atoms with Crippen LogP contribution in [0, 0.1) is 0 Å². The van der Waals surface area contributed by atoms with E-state index in [9.17, 15) is 9.90 Å². The molecule has 1 aliphatic carbocycles. The van der Waals surface area contributed by atoms with E-state index in [-0.39, 0.29) is 18.1 Å². The molecule has 94 valence electrons. The van der Waals surface area contributed by atoms with E-state index in [0.29, 0.717) is 6.54 Å². The largest absolute Gasteiger partial charge is 0.391 e. The third-order valence-electron chi connectivity index (χ3n) is 3.21. The van der Waals surface area contributed by atoms with Crippen molar-refractivity contribution in [2.75, 3.05) is 20.1 Å². The Bertz CT molecular complexity index is 221. The van der Waals surface area contributed by atoms with E-state index in [0.717, 1.165) is 38.6 Å². The van der Waals surface area contributed by atoms with Crippen LogP contribution in [-0.4, -0.2) is 48.2 Å². The number of hydrogen-bond acceptors (Lipinski definition) is 3. The normalized spacial score (nSPS) is 25.4. The fourth-order valence-electron chi connectivity index (χ4n) is 2.42. The summed E-state index contributed by atoms with van der Waals surface area (Å²) < 4.78 is 0. The summed E-state index contributed by atoms with van der Waals surface area (Å²) in [6, 6.07) is 0.0366. The van der Waals surface area contributed by atoms with Crippen LogP contribution in [0.15, 0.2) is 0 Å². The maximum atomic E-state index is 11.9. The van der Waals surface area contributed by atoms with E-state index in [1.807, 2.05) is 4.90 Å². The number of carbonyl (C=O) groups is 1. The Morgan fingerprint density at radius 2 is 2.12 bits per heavy atom. The van der Waals surface area contributed by atoms with Gasteiger partial charge < -0.3 is 15.3 Å². The average molecular weight is 228 g/mol. The first-order valence-corrected chi connectivity index (χ1v) is 6.32. The summed E-state index contributed by atoms with van der Waals surface area (Å²) in [6.07, 6.45) is 4.58. The topological polar surface area (TPSA) is 52.6 Å². The molecule has 0 aromatic rings. The monoisotopic (exact) mass is 228 g/mol. The molecule has 0 heterocycles. The molecule has 1 saturated carbocycles. The molecule has 16 heavy (non-hydrogen) atoms. The lowest BCUT2D eigenvalue weighted by Crippen LogP contribution is -2.51. The van der Waals surface area contributed by atoms with E-state index in [4.69, 9.17) is 0 Å². The summed E-state index contributed by atoms with van der Waals surface area (Å²) in [5.74, 6) is 0.107. The molecule has 4 nitrogen and oxygen atoms in total. The van der Waals surface area contributed by atoms with Crippen molar-refractivity contribution >= 4 is 5.91 Å². The van der Waals surface area contributed by atoms with Crippen molar-refractivity contribution in [3.8, 4) is 0 Å². The second-order valence-electron chi connectivity index (χ2n) is 4.54. The van der Waals surface area contributed by atoms with E-state index in [2.05, 4.69) is 12.2 Å². The van der Waals surface area contributed by atoms with Gasteiger partial charge in [-0.3, -0.25) is 4.79 Å². The van der Waals surface area contributed by atoms with Crippen LogP contribution in [0.1, 0.15) is 39.0 Å². The van der Waals surface area contributed by atoms with Crippen LogP contribution < -0.4 is 5.32 Å². The van der Waals surface area contributed by atoms with Crippen LogP contribution in [0.4, 0.5) is 0 Å². The summed E-state index contributed by atoms with van der Waals surface area (Å²) in [6.45, 7) is 3.18. The van der Waals surface area contributed by atoms with Crippen molar-refractivity contribution < 1.29 is 9.90 Å². The van der Waals surface area contributed by atoms with Gasteiger partial charge in [-0.15, -0.1) is 0 Å². The highest BCUT2D eigenvalue weighted by molar-refractivity contribution is 5.78. The molecule has 0 bridgehead atoms. The highest BCUT2D eigenvalue weighted by Crippen LogP contribution is 2.23. The zero-order valence-corrected chi connectivity index (χ0v) is 10.4. The number of nitrogens with one attached hydrogen (secondary N) is 1. The molecule has 2 atom stereocenters. The van der Waals surface area contributed by atoms with Gasteiger partial charge >= 0.3 is 0 Å². The van der Waals surface area contributed by atoms with Crippen LogP contribution in [0.5, 0.6) is 0 Å². The van der Waals surface area contributed by atoms with Crippen LogP contribution in [0.2, 0.25) is 0 Å². The summed E-state index contributed by atoms with van der Waals surface area (Å²) in [7, 11) is 1.78. The number of amides is 1. The van der Waals surface area contributed by atoms with Gasteiger partial charge in [0, 0.05) is 6.54 Å². The number of carbonyl (C=O) groups excluding carboxylic acids is 1. The number of aliphatic hydroxyl groups excluding tert-OH is 1. The summed E-state index contributed by atoms with van der Waals surface area (Å²) >= 11 is 0. The summed E-state index contributed by atoms with van der Waals surface area (Å²) in [4.78, 5) is 13.8. The van der Waals surface area contributed by atoms with Gasteiger partial charge in [-0.05, 0) is 26.3 Å². The van der Waals surface area contributed by atoms with Gasteiger partial charge in [-0.1, -0.05) is 19.8 Å². The number of hydrogen-bond donors (Lipinski definition) is 2. The second-order valence-corrected chi connectivity index (χ2v) is 4.54. The fraction of sp³-hybridized carbons (Fsp3) is 0.917. The first kappa shape index (κ1) is 13.5. The molecule has 0 aromatic carbocycles. The maximum Gasteiger partial charge on any atom is 0.236 e. The molecule has 1 aliphatic rings. The number of nitrogens with zero attached hydrogens (tertiary/aromatic N) is 1. The van der Waals surface area contributed by atoms with Gasteiger partial charge in [0.15, 0.2) is 0 Å². The highest BCUT2D eigenvalue weighted by Gasteiger charge is 2.30. The Balaban J connectivity index is 2.63. The lowest BCUT2D eigenvalue weighted by atomic mass is 9.91. The molecule has 0 aliphatic heterocycles. The SMILES string of the molecule is CCCN(C(=O)CNC)[C@@H]1CCCC[C@H]1O. The minimum absolute atomic E-state index is 0.0366. The Morgan fingerprint density at radius 3 is 2.69 bits per heavy atom. The standard InChI is InChI=1S/C12H24N2O2/c1-3-8-14(12(16)9-13-2)10-6-4-5-7-11(10)15/h10-11,13,15H,3-9H2,1-2H3/t10-,11-/m1/s1. The molecular formula is C12H24N2O2. The maximum absolute atomic E-state index is 11.9. The summed E-state index contributed by atoms with van der Waals surface area (Å²) in [5, 5.41) is 12.9. The van der Waals surface area contributed by atoms with Crippen molar-refractivity contribution in [3.63, 3.8) is 0 Å². The van der Waals surface area contributed by atoms with Gasteiger partial charge in [-0.25, -0.2) is 0 Å². The third kappa shape index (κ3) is 3.46. The van der Waals surface area contributed by atoms with Gasteiger partial charge in [-0.2, -0.15) is 0 Å². The van der Waals surface area contributed by atoms with Crippen molar-refractivity contribution in [2.24, 2.45) is 0 Å². The van der Waals surface area contributed by atoms with Crippen molar-refractivity contribution in [2.45, 2.75) is 51.2 Å². The van der Waals surface area contributed by atoms with Crippen LogP contribution in [-0.2, 0) is 4.79 Å². The number of likely N-dealkylation sites (N-methyl/N-ethyl adjacent to an activating group) is 1. The Labute approximate surface area is 98.0 Å². The smallest absolute Gasteiger partial charge is 0.236 e. The van der Waals surface area contributed by atoms with Crippen molar-refractivity contribution in [3.05, 3.63) is 0 Å². The zero-order valence-electron chi connectivity index (χ0n) is 10.4. The zero-order chi connectivity index (χ0) is 12.0. The predicted molar refractivity (Wildman–Crippen MR) is 64.2 cm³/mol. The van der Waals surface area contributed by atoms with Gasteiger partial charge in [0.05, 0.1) is 18.7 Å². The molecule has 1 rings (SSSR count). The van der Waals surface area contributed by atoms with E-state index in [1.54, 1.807) is 7.05 Å². The minimum atomic E-state index is -0.332. The van der Waals surface area contributed by atoms with E-state index >= 15 is 0 Å². The quantitative estimate of drug-likeness (QED) is 0.730. The average Bonchev–Trinajstić information content (AvgIpc) is 2.27. The van der Waals surface area contributed by atoms with Crippen LogP contribution >= 0.6 is 0 Å². The predicted octanol–water partition coefficient (Wildman–Crippen LogP) is 0.748. The third-order valence-corrected chi connectivity index (χ3v) is 3.21. The molecule has 4 heteroatoms. The highest BCUT2D eigenvalue weighted by atomic mass is 16.3. The van der Waals surface area contributed by atoms with Gasteiger partial charge in [0.25, 0.3) is 0 Å². The van der Waals surface area contributed by atoms with E-state index < -0.39 is 0 Å². The molecular weight excluding hydrogens is 204 g/mol. The van der Waals surface area contributed by atoms with Crippen LogP contribution in [0.25, 0.3) is 0 Å². The van der Waals surface area contributed by atoms with Gasteiger partial charge in [0.1, 0.15) is 0 Å². The molecule has 0 aromatic heterocycles. The van der Waals surface area contributed by atoms with E-state index in [1.165, 1.54) is 0 Å². The Morgan fingerprint density at radius 1 is 1.44 bits per heavy atom. The molecule has 0 spiro atoms. The molecule has 1 fully saturated rings. The fourth-order valence-corrected chi connectivity index (χ4v) is 2.42. The molecule has 0 saturated heterocycles. The Kier molecular flexibility index (Phi) is 5.77. The Hall–Kier alpha value is -0.610. The van der Waals surface area contributed by atoms with Crippen molar-refractivity contribution in [1.29, 1.82) is 0 Å². The first-order chi connectivity index (χ1) is 7.70. The lowest BCUT2D eigenvalue weighted by Gasteiger charge is -2.37. The van der Waals surface area contributed by atoms with Gasteiger partial charge in [0.2, 0.25) is 5.91 Å². The van der Waals surface area contributed by atoms with Crippen molar-refractivity contribution in [1.82, 2.24) is 10.2 Å². The minimum Gasteiger partial charge on any atom is -0.391 e. The number of rotatable bonds is 5. The molecule has 0 unspecified atom stereocenters. The first-order valence-electron chi connectivity index (χ1n) is 6.32. The lowest BCUT2D eigenvalue weighted by molar-refractivity contribution is -0.136. The molecule has 0 radical (unpaired) electrons. The second kappa shape index (κ2) is 6.86. The van der Waals surface area contributed by atoms with Crippen LogP contribution in [0.3, 0.4) is 0 Å². The molecule has 2 N–H and O–H groups in total. The molecule has 1 amide bonds.